The summed E-state index contributed by atoms with van der Waals surface area (Å²) in [5.74, 6) is 0.825. The molecule has 0 fully saturated rings. The molecule has 0 N–H and O–H groups in total. The van der Waals surface area contributed by atoms with Crippen LogP contribution < -0.4 is 19.8 Å². The van der Waals surface area contributed by atoms with Crippen molar-refractivity contribution >= 4 is 33.3 Å². The van der Waals surface area contributed by atoms with E-state index in [9.17, 15) is 9.59 Å². The van der Waals surface area contributed by atoms with Gasteiger partial charge in [-0.25, -0.2) is 0 Å². The van der Waals surface area contributed by atoms with Gasteiger partial charge in [0, 0.05) is 6.42 Å². The van der Waals surface area contributed by atoms with Crippen LogP contribution in [0.25, 0.3) is 11.0 Å². The number of unbranched alkanes of at least 4 members (excludes halogenated alkanes) is 2. The Morgan fingerprint density at radius 1 is 0.974 bits per heavy atom. The Kier molecular flexibility index (Phi) is 7.97. The van der Waals surface area contributed by atoms with Crippen LogP contribution in [-0.2, 0) is 6.42 Å². The standard InChI is InChI=1S/C30H33N3O5S/c1-5-8-9-15-37-22-14-12-19(17-23(22)36-7-3)26-25-27(34)20-16-18(4)11-13-21(20)38-28(25)29(35)33(26)30-32-31-24(39-30)10-6-2/h11-14,16-17,26H,5-10,15H2,1-4H3. The molecule has 3 heterocycles. The van der Waals surface area contributed by atoms with Crippen molar-refractivity contribution in [1.82, 2.24) is 10.2 Å². The molecule has 0 bridgehead atoms. The molecule has 1 aliphatic heterocycles. The number of anilines is 1. The summed E-state index contributed by atoms with van der Waals surface area (Å²) in [5, 5.41) is 10.3. The van der Waals surface area contributed by atoms with Crippen LogP contribution in [-0.4, -0.2) is 29.3 Å². The summed E-state index contributed by atoms with van der Waals surface area (Å²) in [6.07, 6.45) is 4.81. The summed E-state index contributed by atoms with van der Waals surface area (Å²) in [4.78, 5) is 29.3. The van der Waals surface area contributed by atoms with Crippen LogP contribution in [0.5, 0.6) is 11.5 Å². The average Bonchev–Trinajstić information content (AvgIpc) is 3.50. The lowest BCUT2D eigenvalue weighted by Crippen LogP contribution is -2.29. The van der Waals surface area contributed by atoms with Crippen LogP contribution in [0.3, 0.4) is 0 Å². The average molecular weight is 548 g/mol. The predicted molar refractivity (Wildman–Crippen MR) is 152 cm³/mol. The lowest BCUT2D eigenvalue weighted by atomic mass is 9.98. The van der Waals surface area contributed by atoms with Gasteiger partial charge in [-0.3, -0.25) is 14.5 Å². The van der Waals surface area contributed by atoms with Gasteiger partial charge in [-0.15, -0.1) is 10.2 Å². The first kappa shape index (κ1) is 26.9. The van der Waals surface area contributed by atoms with E-state index in [2.05, 4.69) is 24.0 Å². The van der Waals surface area contributed by atoms with Crippen LogP contribution in [0.1, 0.15) is 84.7 Å². The lowest BCUT2D eigenvalue weighted by molar-refractivity contribution is 0.0970. The van der Waals surface area contributed by atoms with Gasteiger partial charge in [-0.05, 0) is 56.5 Å². The minimum Gasteiger partial charge on any atom is -0.490 e. The Morgan fingerprint density at radius 3 is 2.59 bits per heavy atom. The second-order valence-electron chi connectivity index (χ2n) is 9.67. The second kappa shape index (κ2) is 11.6. The smallest absolute Gasteiger partial charge is 0.297 e. The van der Waals surface area contributed by atoms with E-state index in [1.165, 1.54) is 16.2 Å². The molecular formula is C30H33N3O5S. The highest BCUT2D eigenvalue weighted by molar-refractivity contribution is 7.15. The molecule has 0 spiro atoms. The van der Waals surface area contributed by atoms with Crippen molar-refractivity contribution in [1.29, 1.82) is 0 Å². The normalized spacial score (nSPS) is 14.7. The molecule has 0 saturated heterocycles. The second-order valence-corrected chi connectivity index (χ2v) is 10.7. The number of amides is 1. The molecule has 0 radical (unpaired) electrons. The monoisotopic (exact) mass is 547 g/mol. The highest BCUT2D eigenvalue weighted by Crippen LogP contribution is 2.44. The van der Waals surface area contributed by atoms with E-state index in [-0.39, 0.29) is 11.2 Å². The highest BCUT2D eigenvalue weighted by atomic mass is 32.1. The fraction of sp³-hybridized carbons (Fsp3) is 0.400. The number of aryl methyl sites for hydroxylation is 2. The summed E-state index contributed by atoms with van der Waals surface area (Å²) < 4.78 is 18.1. The van der Waals surface area contributed by atoms with E-state index >= 15 is 0 Å². The molecule has 0 aliphatic carbocycles. The topological polar surface area (TPSA) is 94.8 Å². The maximum absolute atomic E-state index is 13.9. The van der Waals surface area contributed by atoms with Crippen molar-refractivity contribution in [2.24, 2.45) is 0 Å². The Hall–Kier alpha value is -3.72. The third-order valence-electron chi connectivity index (χ3n) is 6.74. The Balaban J connectivity index is 1.66. The number of hydrogen-bond acceptors (Lipinski definition) is 8. The highest BCUT2D eigenvalue weighted by Gasteiger charge is 2.45. The van der Waals surface area contributed by atoms with Crippen molar-refractivity contribution < 1.29 is 18.7 Å². The SMILES string of the molecule is CCCCCOc1ccc(C2c3c(oc4ccc(C)cc4c3=O)C(=O)N2c2nnc(CCC)s2)cc1OCC. The first-order valence-electron chi connectivity index (χ1n) is 13.6. The van der Waals surface area contributed by atoms with Gasteiger partial charge in [-0.1, -0.05) is 55.7 Å². The summed E-state index contributed by atoms with van der Waals surface area (Å²) >= 11 is 1.36. The van der Waals surface area contributed by atoms with Gasteiger partial charge >= 0.3 is 0 Å². The molecule has 1 unspecified atom stereocenters. The molecule has 4 aromatic rings. The van der Waals surface area contributed by atoms with E-state index in [4.69, 9.17) is 13.9 Å². The zero-order valence-electron chi connectivity index (χ0n) is 22.8. The number of carbonyl (C=O) groups is 1. The van der Waals surface area contributed by atoms with E-state index in [0.717, 1.165) is 42.7 Å². The van der Waals surface area contributed by atoms with E-state index in [1.54, 1.807) is 12.1 Å². The summed E-state index contributed by atoms with van der Waals surface area (Å²) in [6.45, 7) is 9.08. The van der Waals surface area contributed by atoms with Gasteiger partial charge in [0.25, 0.3) is 5.91 Å². The van der Waals surface area contributed by atoms with Gasteiger partial charge < -0.3 is 13.9 Å². The van der Waals surface area contributed by atoms with Crippen molar-refractivity contribution in [2.45, 2.75) is 65.8 Å². The van der Waals surface area contributed by atoms with Crippen LogP contribution in [0.2, 0.25) is 0 Å². The zero-order chi connectivity index (χ0) is 27.5. The number of aromatic nitrogens is 2. The van der Waals surface area contributed by atoms with E-state index < -0.39 is 11.9 Å². The van der Waals surface area contributed by atoms with Gasteiger partial charge in [0.05, 0.1) is 30.2 Å². The third-order valence-corrected chi connectivity index (χ3v) is 7.72. The molecule has 5 rings (SSSR count). The minimum atomic E-state index is -0.746. The molecule has 1 atom stereocenters. The van der Waals surface area contributed by atoms with E-state index in [0.29, 0.717) is 51.9 Å². The maximum Gasteiger partial charge on any atom is 0.297 e. The number of benzene rings is 2. The number of ether oxygens (including phenoxy) is 2. The predicted octanol–water partition coefficient (Wildman–Crippen LogP) is 6.62. The fourth-order valence-electron chi connectivity index (χ4n) is 4.87. The molecule has 2 aromatic heterocycles. The molecule has 39 heavy (non-hydrogen) atoms. The van der Waals surface area contributed by atoms with Gasteiger partial charge in [0.1, 0.15) is 10.6 Å². The zero-order valence-corrected chi connectivity index (χ0v) is 23.6. The van der Waals surface area contributed by atoms with Crippen molar-refractivity contribution in [3.8, 4) is 11.5 Å². The largest absolute Gasteiger partial charge is 0.490 e. The maximum atomic E-state index is 13.9. The van der Waals surface area contributed by atoms with Crippen LogP contribution in [0.4, 0.5) is 5.13 Å². The number of hydrogen-bond donors (Lipinski definition) is 0. The van der Waals surface area contributed by atoms with Crippen molar-refractivity contribution in [3.05, 3.63) is 74.1 Å². The number of rotatable bonds is 11. The number of fused-ring (bicyclic) bond motifs is 2. The molecule has 9 heteroatoms. The van der Waals surface area contributed by atoms with Gasteiger partial charge in [0.15, 0.2) is 16.9 Å². The van der Waals surface area contributed by atoms with Gasteiger partial charge in [0.2, 0.25) is 10.9 Å². The quantitative estimate of drug-likeness (QED) is 0.195. The molecule has 204 valence electrons. The van der Waals surface area contributed by atoms with E-state index in [1.807, 2.05) is 38.1 Å². The molecule has 1 amide bonds. The summed E-state index contributed by atoms with van der Waals surface area (Å²) in [6, 6.07) is 10.2. The van der Waals surface area contributed by atoms with Crippen molar-refractivity contribution in [2.75, 3.05) is 18.1 Å². The first-order valence-corrected chi connectivity index (χ1v) is 14.4. The Labute approximate surface area is 231 Å². The number of nitrogens with zero attached hydrogens (tertiary/aromatic N) is 3. The lowest BCUT2D eigenvalue weighted by Gasteiger charge is -2.23. The van der Waals surface area contributed by atoms with Crippen LogP contribution >= 0.6 is 11.3 Å². The molecule has 1 aliphatic rings. The Morgan fingerprint density at radius 2 is 1.82 bits per heavy atom. The molecule has 2 aromatic carbocycles. The van der Waals surface area contributed by atoms with Gasteiger partial charge in [-0.2, -0.15) is 0 Å². The minimum absolute atomic E-state index is 0.0337. The molecule has 0 saturated carbocycles. The van der Waals surface area contributed by atoms with Crippen LogP contribution in [0.15, 0.2) is 45.6 Å². The molecule has 8 nitrogen and oxygen atoms in total. The summed E-state index contributed by atoms with van der Waals surface area (Å²) in [5.41, 5.74) is 2.09. The third kappa shape index (κ3) is 5.15. The number of carbonyl (C=O) groups excluding carboxylic acids is 1. The van der Waals surface area contributed by atoms with Crippen LogP contribution in [0, 0.1) is 6.92 Å². The molecular weight excluding hydrogens is 514 g/mol. The summed E-state index contributed by atoms with van der Waals surface area (Å²) in [7, 11) is 0. The Bertz CT molecular complexity index is 1560. The van der Waals surface area contributed by atoms with Crippen molar-refractivity contribution in [3.63, 3.8) is 0 Å². The fourth-order valence-corrected chi connectivity index (χ4v) is 5.84. The first-order chi connectivity index (χ1) is 19.0.